The summed E-state index contributed by atoms with van der Waals surface area (Å²) < 4.78 is 114. The predicted octanol–water partition coefficient (Wildman–Crippen LogP) is 4.43. The second kappa shape index (κ2) is 7.27. The molecule has 0 saturated heterocycles. The van der Waals surface area contributed by atoms with E-state index in [-0.39, 0.29) is 6.42 Å². The smallest absolute Gasteiger partial charge is 0.350 e. The molecule has 0 aliphatic heterocycles. The zero-order valence-electron chi connectivity index (χ0n) is 11.9. The lowest BCUT2D eigenvalue weighted by Gasteiger charge is -2.34. The highest BCUT2D eigenvalue weighted by atomic mass is 19.4. The molecule has 0 radical (unpaired) electrons. The average molecular weight is 348 g/mol. The second-order valence-corrected chi connectivity index (χ2v) is 5.17. The number of unbranched alkanes of at least 4 members (excludes halogenated alkanes) is 4. The van der Waals surface area contributed by atoms with Gasteiger partial charge in [-0.2, -0.15) is 39.5 Å². The van der Waals surface area contributed by atoms with Crippen molar-refractivity contribution < 1.29 is 45.2 Å². The van der Waals surface area contributed by atoms with E-state index in [1.54, 1.807) is 0 Å². The van der Waals surface area contributed by atoms with Crippen molar-refractivity contribution in [1.29, 1.82) is 0 Å². The fourth-order valence-corrected chi connectivity index (χ4v) is 1.82. The Labute approximate surface area is 122 Å². The Morgan fingerprint density at radius 1 is 0.727 bits per heavy atom. The summed E-state index contributed by atoms with van der Waals surface area (Å²) in [7, 11) is 0. The first-order valence-corrected chi connectivity index (χ1v) is 6.76. The Balaban J connectivity index is 4.95. The molecule has 1 atom stereocenters. The fraction of sp³-hybridized carbons (Fsp3) is 1.00. The monoisotopic (exact) mass is 348 g/mol. The Morgan fingerprint density at radius 3 is 1.59 bits per heavy atom. The van der Waals surface area contributed by atoms with E-state index < -0.39 is 36.4 Å². The van der Waals surface area contributed by atoms with Crippen molar-refractivity contribution in [3.63, 3.8) is 0 Å². The van der Waals surface area contributed by atoms with Crippen LogP contribution in [-0.4, -0.2) is 30.0 Å². The topological polar surface area (TPSA) is 27.6 Å². The fourth-order valence-electron chi connectivity index (χ4n) is 1.82. The normalized spacial score (nSPS) is 16.0. The Hall–Kier alpha value is -0.670. The van der Waals surface area contributed by atoms with E-state index in [2.05, 4.69) is 5.73 Å². The van der Waals surface area contributed by atoms with Crippen molar-refractivity contribution in [3.05, 3.63) is 0 Å². The highest BCUT2D eigenvalue weighted by Crippen LogP contribution is 2.53. The molecule has 22 heavy (non-hydrogen) atoms. The first-order valence-electron chi connectivity index (χ1n) is 6.76. The van der Waals surface area contributed by atoms with Crippen LogP contribution in [0.4, 0.5) is 39.5 Å². The van der Waals surface area contributed by atoms with Crippen molar-refractivity contribution in [2.45, 2.75) is 75.4 Å². The lowest BCUT2D eigenvalue weighted by Crippen LogP contribution is -2.76. The van der Waals surface area contributed by atoms with Gasteiger partial charge in [-0.3, -0.25) is 0 Å². The quantitative estimate of drug-likeness (QED) is 0.472. The van der Waals surface area contributed by atoms with Crippen LogP contribution in [0, 0.1) is 0 Å². The first kappa shape index (κ1) is 21.3. The van der Waals surface area contributed by atoms with Gasteiger partial charge in [0.15, 0.2) is 6.04 Å². The van der Waals surface area contributed by atoms with Crippen LogP contribution in [0.15, 0.2) is 0 Å². The van der Waals surface area contributed by atoms with Crippen molar-refractivity contribution in [3.8, 4) is 0 Å². The molecular weight excluding hydrogens is 329 g/mol. The molecular formula is C12H19F9N+. The molecule has 1 unspecified atom stereocenters. The van der Waals surface area contributed by atoms with Gasteiger partial charge in [0.2, 0.25) is 0 Å². The van der Waals surface area contributed by atoms with E-state index in [1.165, 1.54) is 0 Å². The van der Waals surface area contributed by atoms with Crippen molar-refractivity contribution in [2.75, 3.05) is 0 Å². The molecule has 0 amide bonds. The van der Waals surface area contributed by atoms with Crippen LogP contribution in [0.5, 0.6) is 0 Å². The van der Waals surface area contributed by atoms with Crippen LogP contribution in [0.3, 0.4) is 0 Å². The van der Waals surface area contributed by atoms with Crippen molar-refractivity contribution in [1.82, 2.24) is 0 Å². The molecule has 0 spiro atoms. The zero-order valence-corrected chi connectivity index (χ0v) is 11.9. The molecule has 3 N–H and O–H groups in total. The third kappa shape index (κ3) is 4.20. The van der Waals surface area contributed by atoms with E-state index in [0.29, 0.717) is 12.8 Å². The number of quaternary nitrogens is 1. The number of rotatable bonds is 9. The molecule has 0 bridgehead atoms. The van der Waals surface area contributed by atoms with Gasteiger partial charge in [0.05, 0.1) is 0 Å². The maximum Gasteiger partial charge on any atom is 0.460 e. The van der Waals surface area contributed by atoms with Gasteiger partial charge in [-0.1, -0.05) is 32.6 Å². The second-order valence-electron chi connectivity index (χ2n) is 5.17. The number of alkyl halides is 9. The van der Waals surface area contributed by atoms with Gasteiger partial charge >= 0.3 is 23.9 Å². The third-order valence-electron chi connectivity index (χ3n) is 3.34. The number of hydrogen-bond donors (Lipinski definition) is 1. The maximum absolute atomic E-state index is 13.4. The Morgan fingerprint density at radius 2 is 1.18 bits per heavy atom. The largest absolute Gasteiger partial charge is 0.460 e. The molecule has 0 saturated carbocycles. The van der Waals surface area contributed by atoms with E-state index in [4.69, 9.17) is 0 Å². The van der Waals surface area contributed by atoms with Gasteiger partial charge in [0.1, 0.15) is 0 Å². The molecule has 0 aromatic rings. The molecule has 0 rings (SSSR count). The van der Waals surface area contributed by atoms with Crippen LogP contribution >= 0.6 is 0 Å². The molecule has 0 fully saturated rings. The molecule has 134 valence electrons. The zero-order chi connectivity index (χ0) is 17.8. The third-order valence-corrected chi connectivity index (χ3v) is 3.34. The average Bonchev–Trinajstić information content (AvgIpc) is 2.36. The van der Waals surface area contributed by atoms with Crippen LogP contribution < -0.4 is 5.73 Å². The molecule has 1 nitrogen and oxygen atoms in total. The molecule has 0 aliphatic carbocycles. The Bertz CT molecular complexity index is 338. The summed E-state index contributed by atoms with van der Waals surface area (Å²) in [5, 5.41) is 0. The molecule has 10 heteroatoms. The summed E-state index contributed by atoms with van der Waals surface area (Å²) in [5.41, 5.74) is 2.66. The summed E-state index contributed by atoms with van der Waals surface area (Å²) in [6.45, 7) is 1.87. The van der Waals surface area contributed by atoms with Crippen LogP contribution in [0.2, 0.25) is 0 Å². The molecule has 0 aliphatic rings. The van der Waals surface area contributed by atoms with Gasteiger partial charge < -0.3 is 5.73 Å². The van der Waals surface area contributed by atoms with Crippen molar-refractivity contribution >= 4 is 0 Å². The van der Waals surface area contributed by atoms with Gasteiger partial charge in [0, 0.05) is 6.42 Å². The maximum atomic E-state index is 13.4. The predicted molar refractivity (Wildman–Crippen MR) is 60.9 cm³/mol. The summed E-state index contributed by atoms with van der Waals surface area (Å²) in [5.74, 6) is -19.0. The standard InChI is InChI=1S/C12H18F9N/c1-2-3-4-5-6-7-8(22)9(13,14)10(15,16)11(17,18)12(19,20)21/h8H,2-7,22H2,1H3/p+1. The minimum Gasteiger partial charge on any atom is -0.350 e. The lowest BCUT2D eigenvalue weighted by molar-refractivity contribution is -0.502. The van der Waals surface area contributed by atoms with Crippen LogP contribution in [-0.2, 0) is 0 Å². The SMILES string of the molecule is CCCCCCCC([NH3+])C(F)(F)C(F)(F)C(F)(F)C(F)(F)F. The highest BCUT2D eigenvalue weighted by Gasteiger charge is 2.83. The summed E-state index contributed by atoms with van der Waals surface area (Å²) in [6.07, 6.45) is -4.82. The number of hydrogen-bond acceptors (Lipinski definition) is 0. The van der Waals surface area contributed by atoms with Gasteiger partial charge in [0.25, 0.3) is 0 Å². The molecule has 0 aromatic carbocycles. The Kier molecular flexibility index (Phi) is 7.05. The minimum atomic E-state index is -6.83. The summed E-state index contributed by atoms with van der Waals surface area (Å²) >= 11 is 0. The van der Waals surface area contributed by atoms with Crippen LogP contribution in [0.1, 0.15) is 45.4 Å². The molecule has 0 aromatic heterocycles. The van der Waals surface area contributed by atoms with E-state index in [0.717, 1.165) is 12.8 Å². The van der Waals surface area contributed by atoms with Gasteiger partial charge in [-0.15, -0.1) is 0 Å². The summed E-state index contributed by atoms with van der Waals surface area (Å²) in [6, 6.07) is -2.54. The van der Waals surface area contributed by atoms with E-state index in [9.17, 15) is 39.5 Å². The first-order chi connectivity index (χ1) is 9.73. The van der Waals surface area contributed by atoms with E-state index in [1.807, 2.05) is 6.92 Å². The van der Waals surface area contributed by atoms with Gasteiger partial charge in [-0.25, -0.2) is 0 Å². The number of halogens is 9. The van der Waals surface area contributed by atoms with E-state index >= 15 is 0 Å². The highest BCUT2D eigenvalue weighted by molar-refractivity contribution is 5.02. The minimum absolute atomic E-state index is 0.00255. The summed E-state index contributed by atoms with van der Waals surface area (Å²) in [4.78, 5) is 0. The van der Waals surface area contributed by atoms with Crippen molar-refractivity contribution in [2.24, 2.45) is 0 Å². The lowest BCUT2D eigenvalue weighted by atomic mass is 9.94. The van der Waals surface area contributed by atoms with Crippen LogP contribution in [0.25, 0.3) is 0 Å². The van der Waals surface area contributed by atoms with Gasteiger partial charge in [-0.05, 0) is 6.42 Å². The molecule has 0 heterocycles.